The zero-order valence-corrected chi connectivity index (χ0v) is 22.4. The van der Waals surface area contributed by atoms with Gasteiger partial charge in [0.05, 0.1) is 48.0 Å². The standard InChI is InChI=1S/C21H26BrN3O7S2/c1-5-32-20-19(31-2)9-7-15(23-20)18(13-34(4,29)30)25-16-8-6-14(22)12-17(16)24(21(25)26)10-11-33(3,27)28/h6-9,12,18H,5,10-11,13H2,1-4H3/t18-/m1/s1. The Hall–Kier alpha value is -2.38. The molecule has 2 heterocycles. The van der Waals surface area contributed by atoms with Gasteiger partial charge in [0.1, 0.15) is 19.7 Å². The van der Waals surface area contributed by atoms with E-state index < -0.39 is 37.2 Å². The summed E-state index contributed by atoms with van der Waals surface area (Å²) in [7, 11) is -5.45. The smallest absolute Gasteiger partial charge is 0.329 e. The number of nitrogens with zero attached hydrogens (tertiary/aromatic N) is 3. The average molecular weight is 576 g/mol. The predicted molar refractivity (Wildman–Crippen MR) is 133 cm³/mol. The third-order valence-corrected chi connectivity index (χ3v) is 7.41. The van der Waals surface area contributed by atoms with Crippen molar-refractivity contribution in [2.45, 2.75) is 19.5 Å². The second-order valence-electron chi connectivity index (χ2n) is 7.85. The molecular formula is C21H26BrN3O7S2. The maximum atomic E-state index is 13.6. The average Bonchev–Trinajstić information content (AvgIpc) is 3.00. The summed E-state index contributed by atoms with van der Waals surface area (Å²) in [6, 6.07) is 7.30. The minimum atomic E-state index is -3.57. The summed E-state index contributed by atoms with van der Waals surface area (Å²) in [5, 5.41) is 0. The van der Waals surface area contributed by atoms with Crippen LogP contribution in [0.2, 0.25) is 0 Å². The van der Waals surface area contributed by atoms with Gasteiger partial charge in [-0.25, -0.2) is 26.6 Å². The number of aryl methyl sites for hydroxylation is 1. The van der Waals surface area contributed by atoms with Gasteiger partial charge in [0.25, 0.3) is 5.88 Å². The van der Waals surface area contributed by atoms with Gasteiger partial charge in [0.15, 0.2) is 5.75 Å². The van der Waals surface area contributed by atoms with Crippen LogP contribution >= 0.6 is 15.9 Å². The molecule has 0 aliphatic rings. The molecule has 0 radical (unpaired) electrons. The minimum absolute atomic E-state index is 0.0799. The van der Waals surface area contributed by atoms with E-state index in [0.29, 0.717) is 33.6 Å². The van der Waals surface area contributed by atoms with E-state index in [1.54, 1.807) is 37.3 Å². The quantitative estimate of drug-likeness (QED) is 0.359. The van der Waals surface area contributed by atoms with Crippen LogP contribution in [-0.2, 0) is 26.2 Å². The van der Waals surface area contributed by atoms with Gasteiger partial charge in [-0.2, -0.15) is 0 Å². The Morgan fingerprint density at radius 1 is 1.06 bits per heavy atom. The van der Waals surface area contributed by atoms with Gasteiger partial charge in [-0.15, -0.1) is 0 Å². The van der Waals surface area contributed by atoms with Crippen LogP contribution in [0.1, 0.15) is 18.7 Å². The Bertz CT molecular complexity index is 1480. The summed E-state index contributed by atoms with van der Waals surface area (Å²) in [6.07, 6.45) is 2.17. The van der Waals surface area contributed by atoms with Crippen molar-refractivity contribution in [3.63, 3.8) is 0 Å². The maximum absolute atomic E-state index is 13.6. The number of halogens is 1. The van der Waals surface area contributed by atoms with E-state index in [1.165, 1.54) is 16.2 Å². The number of benzene rings is 1. The van der Waals surface area contributed by atoms with E-state index in [2.05, 4.69) is 20.9 Å². The molecule has 0 spiro atoms. The van der Waals surface area contributed by atoms with Crippen molar-refractivity contribution in [1.29, 1.82) is 0 Å². The lowest BCUT2D eigenvalue weighted by Gasteiger charge is -2.19. The Morgan fingerprint density at radius 3 is 2.35 bits per heavy atom. The van der Waals surface area contributed by atoms with Crippen molar-refractivity contribution in [2.24, 2.45) is 0 Å². The maximum Gasteiger partial charge on any atom is 0.329 e. The first-order valence-electron chi connectivity index (χ1n) is 10.3. The lowest BCUT2D eigenvalue weighted by molar-refractivity contribution is 0.296. The zero-order chi connectivity index (χ0) is 25.3. The number of ether oxygens (including phenoxy) is 2. The number of sulfone groups is 2. The van der Waals surface area contributed by atoms with Crippen molar-refractivity contribution < 1.29 is 26.3 Å². The van der Waals surface area contributed by atoms with Crippen LogP contribution in [0.5, 0.6) is 11.6 Å². The van der Waals surface area contributed by atoms with E-state index in [-0.39, 0.29) is 18.2 Å². The summed E-state index contributed by atoms with van der Waals surface area (Å²) in [6.45, 7) is 2.01. The summed E-state index contributed by atoms with van der Waals surface area (Å²) in [4.78, 5) is 18.1. The summed E-state index contributed by atoms with van der Waals surface area (Å²) in [5.41, 5.74) is 0.675. The second-order valence-corrected chi connectivity index (χ2v) is 13.2. The topological polar surface area (TPSA) is 127 Å². The molecule has 34 heavy (non-hydrogen) atoms. The van der Waals surface area contributed by atoms with E-state index >= 15 is 0 Å². The first-order valence-corrected chi connectivity index (χ1v) is 15.2. The fraction of sp³-hybridized carbons (Fsp3) is 0.429. The number of fused-ring (bicyclic) bond motifs is 1. The van der Waals surface area contributed by atoms with Crippen molar-refractivity contribution in [3.8, 4) is 11.6 Å². The lowest BCUT2D eigenvalue weighted by atomic mass is 10.2. The highest BCUT2D eigenvalue weighted by atomic mass is 79.9. The van der Waals surface area contributed by atoms with Gasteiger partial charge in [0, 0.05) is 23.5 Å². The van der Waals surface area contributed by atoms with Crippen LogP contribution in [0.15, 0.2) is 39.6 Å². The molecule has 3 aromatic rings. The molecule has 0 fully saturated rings. The van der Waals surface area contributed by atoms with Crippen LogP contribution in [0.3, 0.4) is 0 Å². The molecule has 0 unspecified atom stereocenters. The molecule has 0 saturated heterocycles. The number of aromatic nitrogens is 3. The SMILES string of the molecule is CCOc1nc([C@@H](CS(C)(=O)=O)n2c(=O)n(CCS(C)(=O)=O)c3cc(Br)ccc32)ccc1OC. The van der Waals surface area contributed by atoms with Crippen molar-refractivity contribution >= 4 is 46.6 Å². The fourth-order valence-corrected chi connectivity index (χ4v) is 5.39. The molecule has 186 valence electrons. The number of rotatable bonds is 10. The highest BCUT2D eigenvalue weighted by Gasteiger charge is 2.28. The molecule has 10 nitrogen and oxygen atoms in total. The Balaban J connectivity index is 2.30. The zero-order valence-electron chi connectivity index (χ0n) is 19.2. The van der Waals surface area contributed by atoms with Crippen molar-refractivity contribution in [1.82, 2.24) is 14.1 Å². The molecular weight excluding hydrogens is 550 g/mol. The molecule has 2 aromatic heterocycles. The Kier molecular flexibility index (Phi) is 7.78. The number of hydrogen-bond donors (Lipinski definition) is 0. The van der Waals surface area contributed by atoms with Gasteiger partial charge in [0.2, 0.25) is 0 Å². The summed E-state index contributed by atoms with van der Waals surface area (Å²) in [5.74, 6) is -0.1000. The number of imidazole rings is 1. The molecule has 0 amide bonds. The molecule has 0 aliphatic heterocycles. The van der Waals surface area contributed by atoms with Gasteiger partial charge in [-0.3, -0.25) is 9.13 Å². The number of hydrogen-bond acceptors (Lipinski definition) is 8. The predicted octanol–water partition coefficient (Wildman–Crippen LogP) is 2.05. The van der Waals surface area contributed by atoms with E-state index in [4.69, 9.17) is 9.47 Å². The molecule has 3 rings (SSSR count). The van der Waals surface area contributed by atoms with Crippen LogP contribution < -0.4 is 15.2 Å². The normalized spacial score (nSPS) is 13.2. The Labute approximate surface area is 206 Å². The molecule has 0 N–H and O–H groups in total. The van der Waals surface area contributed by atoms with Crippen molar-refractivity contribution in [2.75, 3.05) is 37.7 Å². The van der Waals surface area contributed by atoms with E-state index in [1.807, 2.05) is 0 Å². The summed E-state index contributed by atoms with van der Waals surface area (Å²) < 4.78 is 62.5. The molecule has 1 aromatic carbocycles. The lowest BCUT2D eigenvalue weighted by Crippen LogP contribution is -2.33. The van der Waals surface area contributed by atoms with Crippen LogP contribution in [0.25, 0.3) is 11.0 Å². The third kappa shape index (κ3) is 5.99. The van der Waals surface area contributed by atoms with E-state index in [9.17, 15) is 21.6 Å². The monoisotopic (exact) mass is 575 g/mol. The van der Waals surface area contributed by atoms with Crippen LogP contribution in [0.4, 0.5) is 0 Å². The molecule has 0 bridgehead atoms. The van der Waals surface area contributed by atoms with Crippen LogP contribution in [-0.4, -0.2) is 68.7 Å². The first-order chi connectivity index (χ1) is 15.8. The minimum Gasteiger partial charge on any atom is -0.491 e. The first kappa shape index (κ1) is 26.2. The highest BCUT2D eigenvalue weighted by molar-refractivity contribution is 9.10. The van der Waals surface area contributed by atoms with E-state index in [0.717, 1.165) is 12.5 Å². The molecule has 0 aliphatic carbocycles. The number of pyridine rings is 1. The van der Waals surface area contributed by atoms with Gasteiger partial charge in [-0.1, -0.05) is 15.9 Å². The van der Waals surface area contributed by atoms with Gasteiger partial charge < -0.3 is 9.47 Å². The Morgan fingerprint density at radius 2 is 1.76 bits per heavy atom. The number of methoxy groups -OCH3 is 1. The molecule has 1 atom stereocenters. The largest absolute Gasteiger partial charge is 0.491 e. The summed E-state index contributed by atoms with van der Waals surface area (Å²) >= 11 is 3.38. The molecule has 0 saturated carbocycles. The van der Waals surface area contributed by atoms with Crippen molar-refractivity contribution in [3.05, 3.63) is 51.0 Å². The van der Waals surface area contributed by atoms with Gasteiger partial charge in [-0.05, 0) is 37.3 Å². The second kappa shape index (κ2) is 10.1. The van der Waals surface area contributed by atoms with Crippen LogP contribution in [0, 0.1) is 0 Å². The highest BCUT2D eigenvalue weighted by Crippen LogP contribution is 2.30. The third-order valence-electron chi connectivity index (χ3n) is 5.07. The molecule has 13 heteroatoms. The fourth-order valence-electron chi connectivity index (χ4n) is 3.63. The van der Waals surface area contributed by atoms with Gasteiger partial charge >= 0.3 is 5.69 Å².